The van der Waals surface area contributed by atoms with Crippen molar-refractivity contribution in [3.05, 3.63) is 24.0 Å². The fourth-order valence-corrected chi connectivity index (χ4v) is 1.56. The van der Waals surface area contributed by atoms with E-state index in [9.17, 15) is 0 Å². The highest BCUT2D eigenvalue weighted by atomic mass is 15.2. The largest absolute Gasteiger partial charge is 0.328 e. The monoisotopic (exact) mass is 175 g/mol. The maximum atomic E-state index is 4.14. The van der Waals surface area contributed by atoms with E-state index in [1.165, 1.54) is 10.9 Å². The molecule has 0 fully saturated rings. The second kappa shape index (κ2) is 2.83. The summed E-state index contributed by atoms with van der Waals surface area (Å²) in [6.07, 6.45) is 3.87. The summed E-state index contributed by atoms with van der Waals surface area (Å²) < 4.78 is 2.15. The number of hydrogen-bond acceptors (Lipinski definition) is 2. The van der Waals surface area contributed by atoms with Gasteiger partial charge in [0, 0.05) is 17.6 Å². The van der Waals surface area contributed by atoms with Crippen LogP contribution in [-0.2, 0) is 0 Å². The first-order valence-corrected chi connectivity index (χ1v) is 4.49. The van der Waals surface area contributed by atoms with E-state index in [0.717, 1.165) is 5.65 Å². The zero-order valence-electron chi connectivity index (χ0n) is 8.15. The molecule has 0 bridgehead atoms. The fraction of sp³-hybridized carbons (Fsp3) is 0.400. The molecule has 0 N–H and O–H groups in total. The molecule has 0 aliphatic heterocycles. The molecule has 2 rings (SSSR count). The van der Waals surface area contributed by atoms with Crippen LogP contribution in [0.2, 0.25) is 0 Å². The third-order valence-corrected chi connectivity index (χ3v) is 2.26. The van der Waals surface area contributed by atoms with Crippen molar-refractivity contribution < 1.29 is 0 Å². The number of hydrogen-bond donors (Lipinski definition) is 0. The lowest BCUT2D eigenvalue weighted by molar-refractivity contribution is 0.614. The summed E-state index contributed by atoms with van der Waals surface area (Å²) >= 11 is 0. The third-order valence-electron chi connectivity index (χ3n) is 2.26. The standard InChI is InChI=1S/C10H13N3/c1-7(2)13-6-8(3)9-4-5-11-12-10(9)13/h4-7H,1-3H3. The smallest absolute Gasteiger partial charge is 0.163 e. The molecule has 0 radical (unpaired) electrons. The summed E-state index contributed by atoms with van der Waals surface area (Å²) in [4.78, 5) is 0. The van der Waals surface area contributed by atoms with E-state index in [-0.39, 0.29) is 0 Å². The van der Waals surface area contributed by atoms with Gasteiger partial charge in [0.05, 0.1) is 6.20 Å². The van der Waals surface area contributed by atoms with E-state index in [0.29, 0.717) is 6.04 Å². The van der Waals surface area contributed by atoms with Gasteiger partial charge in [0.15, 0.2) is 5.65 Å². The number of aromatic nitrogens is 3. The van der Waals surface area contributed by atoms with Gasteiger partial charge in [0.25, 0.3) is 0 Å². The quantitative estimate of drug-likeness (QED) is 0.666. The van der Waals surface area contributed by atoms with E-state index >= 15 is 0 Å². The van der Waals surface area contributed by atoms with E-state index in [1.54, 1.807) is 6.20 Å². The van der Waals surface area contributed by atoms with Crippen molar-refractivity contribution in [3.63, 3.8) is 0 Å². The van der Waals surface area contributed by atoms with Gasteiger partial charge in [0.2, 0.25) is 0 Å². The highest BCUT2D eigenvalue weighted by Crippen LogP contribution is 2.20. The van der Waals surface area contributed by atoms with Gasteiger partial charge in [-0.3, -0.25) is 0 Å². The van der Waals surface area contributed by atoms with Crippen LogP contribution in [0.3, 0.4) is 0 Å². The van der Waals surface area contributed by atoms with Crippen LogP contribution in [-0.4, -0.2) is 14.8 Å². The summed E-state index contributed by atoms with van der Waals surface area (Å²) in [5.74, 6) is 0. The molecule has 2 heterocycles. The lowest BCUT2D eigenvalue weighted by Gasteiger charge is -2.06. The van der Waals surface area contributed by atoms with Crippen molar-refractivity contribution in [2.24, 2.45) is 0 Å². The van der Waals surface area contributed by atoms with E-state index in [4.69, 9.17) is 0 Å². The van der Waals surface area contributed by atoms with E-state index in [1.807, 2.05) is 6.07 Å². The van der Waals surface area contributed by atoms with Crippen LogP contribution in [0.25, 0.3) is 11.0 Å². The molecular formula is C10H13N3. The molecule has 2 aromatic rings. The Balaban J connectivity index is 2.78. The van der Waals surface area contributed by atoms with Crippen LogP contribution in [0.1, 0.15) is 25.5 Å². The molecule has 0 unspecified atom stereocenters. The van der Waals surface area contributed by atoms with Gasteiger partial charge in [-0.05, 0) is 32.4 Å². The molecule has 0 saturated carbocycles. The topological polar surface area (TPSA) is 30.7 Å². The van der Waals surface area contributed by atoms with Crippen molar-refractivity contribution in [2.45, 2.75) is 26.8 Å². The Morgan fingerprint density at radius 1 is 1.38 bits per heavy atom. The number of rotatable bonds is 1. The molecule has 0 atom stereocenters. The molecule has 0 amide bonds. The van der Waals surface area contributed by atoms with Crippen LogP contribution < -0.4 is 0 Å². The molecule has 68 valence electrons. The zero-order chi connectivity index (χ0) is 9.42. The predicted octanol–water partition coefficient (Wildman–Crippen LogP) is 2.32. The highest BCUT2D eigenvalue weighted by Gasteiger charge is 2.07. The van der Waals surface area contributed by atoms with Gasteiger partial charge in [-0.25, -0.2) is 0 Å². The molecule has 0 spiro atoms. The molecule has 3 heteroatoms. The zero-order valence-corrected chi connectivity index (χ0v) is 8.15. The molecule has 0 aliphatic carbocycles. The molecule has 3 nitrogen and oxygen atoms in total. The Bertz CT molecular complexity index is 429. The minimum Gasteiger partial charge on any atom is -0.328 e. The van der Waals surface area contributed by atoms with Crippen LogP contribution in [0.4, 0.5) is 0 Å². The van der Waals surface area contributed by atoms with Gasteiger partial charge in [-0.15, -0.1) is 5.10 Å². The number of fused-ring (bicyclic) bond motifs is 1. The Morgan fingerprint density at radius 2 is 2.15 bits per heavy atom. The molecular weight excluding hydrogens is 162 g/mol. The van der Waals surface area contributed by atoms with Crippen LogP contribution in [0, 0.1) is 6.92 Å². The van der Waals surface area contributed by atoms with Crippen LogP contribution in [0.5, 0.6) is 0 Å². The van der Waals surface area contributed by atoms with Crippen molar-refractivity contribution >= 4 is 11.0 Å². The molecule has 13 heavy (non-hydrogen) atoms. The van der Waals surface area contributed by atoms with Gasteiger partial charge in [-0.1, -0.05) is 0 Å². The molecule has 0 aliphatic rings. The maximum Gasteiger partial charge on any atom is 0.163 e. The number of nitrogens with zero attached hydrogens (tertiary/aromatic N) is 3. The Hall–Kier alpha value is -1.38. The average Bonchev–Trinajstić information content (AvgIpc) is 2.45. The van der Waals surface area contributed by atoms with Crippen molar-refractivity contribution in [3.8, 4) is 0 Å². The van der Waals surface area contributed by atoms with Crippen LogP contribution in [0.15, 0.2) is 18.5 Å². The number of aryl methyl sites for hydroxylation is 1. The Morgan fingerprint density at radius 3 is 2.85 bits per heavy atom. The first-order chi connectivity index (χ1) is 6.20. The van der Waals surface area contributed by atoms with Gasteiger partial charge >= 0.3 is 0 Å². The van der Waals surface area contributed by atoms with Gasteiger partial charge in [0.1, 0.15) is 0 Å². The maximum absolute atomic E-state index is 4.14. The lowest BCUT2D eigenvalue weighted by atomic mass is 10.3. The molecule has 2 aromatic heterocycles. The third kappa shape index (κ3) is 1.20. The first kappa shape index (κ1) is 8.23. The summed E-state index contributed by atoms with van der Waals surface area (Å²) in [6, 6.07) is 2.45. The van der Waals surface area contributed by atoms with Crippen LogP contribution >= 0.6 is 0 Å². The predicted molar refractivity (Wildman–Crippen MR) is 52.7 cm³/mol. The fourth-order valence-electron chi connectivity index (χ4n) is 1.56. The molecule has 0 aromatic carbocycles. The van der Waals surface area contributed by atoms with Crippen molar-refractivity contribution in [1.82, 2.24) is 14.8 Å². The summed E-state index contributed by atoms with van der Waals surface area (Å²) in [5.41, 5.74) is 2.24. The highest BCUT2D eigenvalue weighted by molar-refractivity contribution is 5.79. The average molecular weight is 175 g/mol. The second-order valence-corrected chi connectivity index (χ2v) is 3.58. The summed E-state index contributed by atoms with van der Waals surface area (Å²) in [7, 11) is 0. The van der Waals surface area contributed by atoms with E-state index in [2.05, 4.69) is 41.7 Å². The van der Waals surface area contributed by atoms with Gasteiger partial charge < -0.3 is 4.57 Å². The lowest BCUT2D eigenvalue weighted by Crippen LogP contribution is -1.99. The second-order valence-electron chi connectivity index (χ2n) is 3.58. The molecule has 0 saturated heterocycles. The minimum absolute atomic E-state index is 0.438. The van der Waals surface area contributed by atoms with E-state index < -0.39 is 0 Å². The Labute approximate surface area is 77.4 Å². The normalized spacial score (nSPS) is 11.4. The van der Waals surface area contributed by atoms with Crippen molar-refractivity contribution in [1.29, 1.82) is 0 Å². The van der Waals surface area contributed by atoms with Gasteiger partial charge in [-0.2, -0.15) is 5.10 Å². The SMILES string of the molecule is Cc1cn(C(C)C)c2nnccc12. The summed E-state index contributed by atoms with van der Waals surface area (Å²) in [6.45, 7) is 6.39. The summed E-state index contributed by atoms with van der Waals surface area (Å²) in [5, 5.41) is 9.23. The Kier molecular flexibility index (Phi) is 1.79. The minimum atomic E-state index is 0.438. The van der Waals surface area contributed by atoms with Crippen molar-refractivity contribution in [2.75, 3.05) is 0 Å². The first-order valence-electron chi connectivity index (χ1n) is 4.49.